The van der Waals surface area contributed by atoms with Crippen LogP contribution in [0.4, 0.5) is 8.78 Å². The highest BCUT2D eigenvalue weighted by Gasteiger charge is 2.40. The van der Waals surface area contributed by atoms with Crippen LogP contribution in [0.25, 0.3) is 0 Å². The van der Waals surface area contributed by atoms with Crippen LogP contribution in [-0.4, -0.2) is 59.6 Å². The van der Waals surface area contributed by atoms with Crippen LogP contribution in [0.15, 0.2) is 36.4 Å². The molecule has 1 N–H and O–H groups in total. The predicted octanol–water partition coefficient (Wildman–Crippen LogP) is 5.88. The summed E-state index contributed by atoms with van der Waals surface area (Å²) in [6.45, 7) is 5.86. The normalized spacial score (nSPS) is 20.5. The molecule has 3 aliphatic rings. The Morgan fingerprint density at radius 3 is 2.52 bits per heavy atom. The van der Waals surface area contributed by atoms with Crippen molar-refractivity contribution < 1.29 is 24.6 Å². The molecule has 2 amide bonds. The Hall–Kier alpha value is -3.13. The van der Waals surface area contributed by atoms with Gasteiger partial charge in [0, 0.05) is 56.6 Å². The summed E-state index contributed by atoms with van der Waals surface area (Å²) in [5, 5.41) is 2.99. The van der Waals surface area contributed by atoms with Gasteiger partial charge in [0.05, 0.1) is 12.6 Å². The van der Waals surface area contributed by atoms with E-state index in [-0.39, 0.29) is 55.9 Å². The molecule has 1 saturated heterocycles. The quantitative estimate of drug-likeness (QED) is 0.402. The lowest BCUT2D eigenvalue weighted by Crippen LogP contribution is -2.53. The van der Waals surface area contributed by atoms with Gasteiger partial charge in [-0.2, -0.15) is 0 Å². The van der Waals surface area contributed by atoms with E-state index in [1.165, 1.54) is 18.6 Å². The fourth-order valence-electron chi connectivity index (χ4n) is 7.02. The Bertz CT molecular complexity index is 1310. The zero-order valence-electron chi connectivity index (χ0n) is 24.8. The van der Waals surface area contributed by atoms with E-state index in [0.717, 1.165) is 62.1 Å². The molecule has 6 nitrogen and oxygen atoms in total. The Balaban J connectivity index is 0.00000423. The van der Waals surface area contributed by atoms with Crippen LogP contribution in [0.3, 0.4) is 0 Å². The van der Waals surface area contributed by atoms with Crippen molar-refractivity contribution in [3.05, 3.63) is 70.3 Å². The number of hydrogen-bond acceptors (Lipinski definition) is 4. The van der Waals surface area contributed by atoms with Crippen molar-refractivity contribution >= 4 is 17.6 Å². The van der Waals surface area contributed by atoms with Gasteiger partial charge in [-0.25, -0.2) is 8.78 Å². The smallest absolute Gasteiger partial charge is 0.254 e. The predicted molar refractivity (Wildman–Crippen MR) is 160 cm³/mol. The molecule has 2 aromatic rings. The SMILES string of the molecule is CC(C)C(=O)[C@@H](C1CCCCC1)N1CCc2ccc(C3CCCN(C(=O)CNCc4ccc(F)cc4F)C3)cc2C1=O.[HH]. The van der Waals surface area contributed by atoms with Gasteiger partial charge in [0.25, 0.3) is 5.91 Å². The highest BCUT2D eigenvalue weighted by Crippen LogP contribution is 2.35. The Morgan fingerprint density at radius 1 is 1.00 bits per heavy atom. The van der Waals surface area contributed by atoms with Crippen LogP contribution in [0, 0.1) is 23.5 Å². The van der Waals surface area contributed by atoms with E-state index >= 15 is 0 Å². The second-order valence-corrected chi connectivity index (χ2v) is 12.6. The maximum absolute atomic E-state index is 14.0. The molecule has 2 atom stereocenters. The fourth-order valence-corrected chi connectivity index (χ4v) is 7.02. The molecule has 2 aliphatic heterocycles. The molecule has 5 rings (SSSR count). The summed E-state index contributed by atoms with van der Waals surface area (Å²) in [5.41, 5.74) is 3.09. The highest BCUT2D eigenvalue weighted by atomic mass is 19.1. The van der Waals surface area contributed by atoms with Gasteiger partial charge in [0.2, 0.25) is 5.91 Å². The topological polar surface area (TPSA) is 69.7 Å². The number of benzene rings is 2. The summed E-state index contributed by atoms with van der Waals surface area (Å²) in [6.07, 6.45) is 7.95. The molecule has 8 heteroatoms. The third-order valence-corrected chi connectivity index (χ3v) is 9.39. The summed E-state index contributed by atoms with van der Waals surface area (Å²) < 4.78 is 27.1. The number of halogens is 2. The molecule has 0 bridgehead atoms. The molecule has 0 aromatic heterocycles. The first kappa shape index (κ1) is 30.3. The van der Waals surface area contributed by atoms with E-state index < -0.39 is 11.6 Å². The number of ketones is 1. The first-order chi connectivity index (χ1) is 20.2. The Morgan fingerprint density at radius 2 is 1.79 bits per heavy atom. The second-order valence-electron chi connectivity index (χ2n) is 12.6. The number of carbonyl (C=O) groups is 3. The molecule has 2 fully saturated rings. The number of fused-ring (bicyclic) bond motifs is 1. The number of likely N-dealkylation sites (tertiary alicyclic amines) is 1. The molecule has 0 spiro atoms. The van der Waals surface area contributed by atoms with Crippen LogP contribution in [0.5, 0.6) is 0 Å². The second kappa shape index (κ2) is 13.4. The van der Waals surface area contributed by atoms with Gasteiger partial charge < -0.3 is 15.1 Å². The third-order valence-electron chi connectivity index (χ3n) is 9.39. The van der Waals surface area contributed by atoms with Crippen molar-refractivity contribution in [1.29, 1.82) is 0 Å². The molecule has 1 unspecified atom stereocenters. The minimum absolute atomic E-state index is 0. The monoisotopic (exact) mass is 581 g/mol. The highest BCUT2D eigenvalue weighted by molar-refractivity contribution is 6.00. The van der Waals surface area contributed by atoms with Crippen molar-refractivity contribution in [2.75, 3.05) is 26.2 Å². The minimum atomic E-state index is -0.632. The van der Waals surface area contributed by atoms with Crippen LogP contribution in [0.1, 0.15) is 93.2 Å². The van der Waals surface area contributed by atoms with Gasteiger partial charge in [0.15, 0.2) is 5.78 Å². The van der Waals surface area contributed by atoms with Crippen LogP contribution in [0.2, 0.25) is 0 Å². The van der Waals surface area contributed by atoms with Gasteiger partial charge in [-0.3, -0.25) is 14.4 Å². The molecule has 42 heavy (non-hydrogen) atoms. The molecular weight excluding hydrogens is 536 g/mol. The van der Waals surface area contributed by atoms with Gasteiger partial charge in [-0.1, -0.05) is 51.3 Å². The lowest BCUT2D eigenvalue weighted by molar-refractivity contribution is -0.131. The standard InChI is InChI=1S/C34H43F2N3O3.H2/c1-22(2)33(41)32(24-7-4-3-5-8-24)39-16-14-23-10-11-25(17-29(23)34(39)42)27-9-6-15-38(21-27)31(40)20-37-19-26-12-13-28(35)18-30(26)36;/h10-13,17-18,22,24,27,32,37H,3-9,14-16,19-21H2,1-2H3;1H/t27?,32-;/m1./s1. The number of rotatable bonds is 9. The van der Waals surface area contributed by atoms with Crippen molar-refractivity contribution in [2.24, 2.45) is 11.8 Å². The first-order valence-corrected chi connectivity index (χ1v) is 15.6. The van der Waals surface area contributed by atoms with Crippen molar-refractivity contribution in [3.8, 4) is 0 Å². The number of piperidine rings is 1. The summed E-state index contributed by atoms with van der Waals surface area (Å²) in [5.74, 6) is -0.970. The van der Waals surface area contributed by atoms with Crippen molar-refractivity contribution in [1.82, 2.24) is 15.1 Å². The number of hydrogen-bond donors (Lipinski definition) is 1. The maximum Gasteiger partial charge on any atom is 0.254 e. The third kappa shape index (κ3) is 6.74. The summed E-state index contributed by atoms with van der Waals surface area (Å²) in [6, 6.07) is 9.23. The van der Waals surface area contributed by atoms with Gasteiger partial charge in [-0.15, -0.1) is 0 Å². The first-order valence-electron chi connectivity index (χ1n) is 15.6. The molecule has 2 heterocycles. The van der Waals surface area contributed by atoms with Crippen molar-refractivity contribution in [2.45, 2.75) is 83.7 Å². The number of nitrogens with zero attached hydrogens (tertiary/aromatic N) is 2. The maximum atomic E-state index is 14.0. The Kier molecular flexibility index (Phi) is 9.71. The van der Waals surface area contributed by atoms with Crippen LogP contribution < -0.4 is 5.32 Å². The largest absolute Gasteiger partial charge is 0.341 e. The minimum Gasteiger partial charge on any atom is -0.341 e. The zero-order chi connectivity index (χ0) is 29.8. The summed E-state index contributed by atoms with van der Waals surface area (Å²) in [7, 11) is 0. The zero-order valence-corrected chi connectivity index (χ0v) is 24.8. The average Bonchev–Trinajstić information content (AvgIpc) is 3.00. The number of Topliss-reactive ketones (excluding diaryl/α,β-unsaturated/α-hetero) is 1. The number of carbonyl (C=O) groups excluding carboxylic acids is 3. The van der Waals surface area contributed by atoms with Gasteiger partial charge in [-0.05, 0) is 61.3 Å². The summed E-state index contributed by atoms with van der Waals surface area (Å²) >= 11 is 0. The Labute approximate surface area is 249 Å². The van der Waals surface area contributed by atoms with E-state index in [1.54, 1.807) is 0 Å². The lowest BCUT2D eigenvalue weighted by Gasteiger charge is -2.41. The molecular formula is C34H45F2N3O3. The average molecular weight is 582 g/mol. The van der Waals surface area contributed by atoms with Gasteiger partial charge >= 0.3 is 0 Å². The van der Waals surface area contributed by atoms with E-state index in [1.807, 2.05) is 29.7 Å². The number of nitrogens with one attached hydrogen (secondary N) is 1. The van der Waals surface area contributed by atoms with E-state index in [4.69, 9.17) is 0 Å². The number of amides is 2. The van der Waals surface area contributed by atoms with E-state index in [9.17, 15) is 23.2 Å². The molecule has 1 saturated carbocycles. The van der Waals surface area contributed by atoms with E-state index in [2.05, 4.69) is 17.4 Å². The van der Waals surface area contributed by atoms with Crippen molar-refractivity contribution in [3.63, 3.8) is 0 Å². The van der Waals surface area contributed by atoms with Crippen LogP contribution >= 0.6 is 0 Å². The fraction of sp³-hybridized carbons (Fsp3) is 0.559. The van der Waals surface area contributed by atoms with Crippen LogP contribution in [-0.2, 0) is 22.6 Å². The molecule has 1 aliphatic carbocycles. The molecule has 2 aromatic carbocycles. The molecule has 228 valence electrons. The van der Waals surface area contributed by atoms with E-state index in [0.29, 0.717) is 30.8 Å². The van der Waals surface area contributed by atoms with Gasteiger partial charge in [0.1, 0.15) is 11.6 Å². The summed E-state index contributed by atoms with van der Waals surface area (Å²) in [4.78, 5) is 44.1. The lowest BCUT2D eigenvalue weighted by atomic mass is 9.78. The molecule has 0 radical (unpaired) electrons.